The molecule has 6 heteroatoms. The van der Waals surface area contributed by atoms with Crippen molar-refractivity contribution in [3.8, 4) is 11.5 Å². The first-order chi connectivity index (χ1) is 14.5. The normalized spacial score (nSPS) is 16.4. The van der Waals surface area contributed by atoms with Crippen molar-refractivity contribution in [2.75, 3.05) is 18.9 Å². The second kappa shape index (κ2) is 9.67. The third-order valence-corrected chi connectivity index (χ3v) is 6.48. The topological polar surface area (TPSA) is 64.6 Å². The number of rotatable bonds is 8. The maximum absolute atomic E-state index is 13.0. The van der Waals surface area contributed by atoms with Crippen LogP contribution in [0.15, 0.2) is 77.2 Å². The predicted octanol–water partition coefficient (Wildman–Crippen LogP) is 5.43. The lowest BCUT2D eigenvalue weighted by Gasteiger charge is -2.17. The Bertz CT molecular complexity index is 1080. The fourth-order valence-corrected chi connectivity index (χ4v) is 4.63. The average Bonchev–Trinajstić information content (AvgIpc) is 2.77. The summed E-state index contributed by atoms with van der Waals surface area (Å²) in [5.74, 6) is 1.21. The van der Waals surface area contributed by atoms with E-state index in [4.69, 9.17) is 9.47 Å². The van der Waals surface area contributed by atoms with Crippen molar-refractivity contribution in [3.63, 3.8) is 0 Å². The molecule has 0 amide bonds. The third-order valence-electron chi connectivity index (χ3n) is 5.08. The maximum Gasteiger partial charge on any atom is 0.265 e. The standard InChI is InChI=1S/C24H27NO4S/c1-4-19-9-5-6-10-20(19)13-12-18-8-7-11-21(16-18)25-30(26,27)24-17-22(28-2)14-15-23(24)29-3/h5-8,10-17,19,25H,4,9H2,1-3H3. The van der Waals surface area contributed by atoms with Crippen LogP contribution in [0.5, 0.6) is 11.5 Å². The Hall–Kier alpha value is -2.99. The molecule has 1 aliphatic rings. The van der Waals surface area contributed by atoms with Crippen molar-refractivity contribution in [1.29, 1.82) is 0 Å². The molecule has 158 valence electrons. The number of benzene rings is 2. The van der Waals surface area contributed by atoms with E-state index in [0.717, 1.165) is 18.4 Å². The number of allylic oxidation sites excluding steroid dienone is 5. The molecule has 1 unspecified atom stereocenters. The Labute approximate surface area is 178 Å². The summed E-state index contributed by atoms with van der Waals surface area (Å²) in [7, 11) is -0.930. The molecule has 0 fully saturated rings. The molecule has 0 heterocycles. The summed E-state index contributed by atoms with van der Waals surface area (Å²) >= 11 is 0. The molecule has 1 N–H and O–H groups in total. The summed E-state index contributed by atoms with van der Waals surface area (Å²) in [5.41, 5.74) is 2.68. The fourth-order valence-electron chi connectivity index (χ4n) is 3.39. The third kappa shape index (κ3) is 5.13. The first-order valence-electron chi connectivity index (χ1n) is 9.86. The first kappa shape index (κ1) is 21.7. The van der Waals surface area contributed by atoms with Gasteiger partial charge >= 0.3 is 0 Å². The van der Waals surface area contributed by atoms with Crippen LogP contribution in [0, 0.1) is 5.92 Å². The highest BCUT2D eigenvalue weighted by Crippen LogP contribution is 2.30. The zero-order valence-corrected chi connectivity index (χ0v) is 18.3. The number of hydrogen-bond donors (Lipinski definition) is 1. The molecule has 2 aromatic carbocycles. The number of hydrogen-bond acceptors (Lipinski definition) is 4. The van der Waals surface area contributed by atoms with Gasteiger partial charge in [-0.3, -0.25) is 4.72 Å². The van der Waals surface area contributed by atoms with Gasteiger partial charge in [0.15, 0.2) is 0 Å². The van der Waals surface area contributed by atoms with Crippen LogP contribution in [0.2, 0.25) is 0 Å². The average molecular weight is 426 g/mol. The second-order valence-corrected chi connectivity index (χ2v) is 8.67. The van der Waals surface area contributed by atoms with Crippen LogP contribution in [-0.2, 0) is 10.0 Å². The molecular formula is C24H27NO4S. The SMILES string of the molecule is CCC1CC=CC=C1C=Cc1cccc(NS(=O)(=O)c2cc(OC)ccc2OC)c1. The molecular weight excluding hydrogens is 398 g/mol. The highest BCUT2D eigenvalue weighted by molar-refractivity contribution is 7.92. The minimum atomic E-state index is -3.85. The molecule has 2 aromatic rings. The molecule has 0 aliphatic heterocycles. The molecule has 1 aliphatic carbocycles. The van der Waals surface area contributed by atoms with E-state index in [0.29, 0.717) is 17.4 Å². The van der Waals surface area contributed by atoms with Gasteiger partial charge in [0.25, 0.3) is 10.0 Å². The number of methoxy groups -OCH3 is 2. The van der Waals surface area contributed by atoms with Crippen molar-refractivity contribution in [1.82, 2.24) is 0 Å². The number of sulfonamides is 1. The van der Waals surface area contributed by atoms with Gasteiger partial charge in [-0.1, -0.05) is 49.4 Å². The van der Waals surface area contributed by atoms with E-state index >= 15 is 0 Å². The van der Waals surface area contributed by atoms with E-state index in [1.54, 1.807) is 24.3 Å². The van der Waals surface area contributed by atoms with Gasteiger partial charge in [-0.15, -0.1) is 0 Å². The highest BCUT2D eigenvalue weighted by Gasteiger charge is 2.21. The summed E-state index contributed by atoms with van der Waals surface area (Å²) in [6, 6.07) is 12.0. The molecule has 0 saturated heterocycles. The lowest BCUT2D eigenvalue weighted by Crippen LogP contribution is -2.14. The zero-order chi connectivity index (χ0) is 21.6. The Morgan fingerprint density at radius 3 is 2.67 bits per heavy atom. The van der Waals surface area contributed by atoms with Crippen LogP contribution < -0.4 is 14.2 Å². The lowest BCUT2D eigenvalue weighted by molar-refractivity contribution is 0.392. The van der Waals surface area contributed by atoms with E-state index in [2.05, 4.69) is 35.9 Å². The summed E-state index contributed by atoms with van der Waals surface area (Å²) < 4.78 is 38.9. The van der Waals surface area contributed by atoms with E-state index < -0.39 is 10.0 Å². The Morgan fingerprint density at radius 1 is 1.10 bits per heavy atom. The molecule has 5 nitrogen and oxygen atoms in total. The van der Waals surface area contributed by atoms with Crippen LogP contribution in [-0.4, -0.2) is 22.6 Å². The van der Waals surface area contributed by atoms with Crippen molar-refractivity contribution < 1.29 is 17.9 Å². The second-order valence-electron chi connectivity index (χ2n) is 7.02. The van der Waals surface area contributed by atoms with Gasteiger partial charge in [0.05, 0.1) is 14.2 Å². The van der Waals surface area contributed by atoms with Crippen LogP contribution in [0.25, 0.3) is 6.08 Å². The number of anilines is 1. The zero-order valence-electron chi connectivity index (χ0n) is 17.5. The summed E-state index contributed by atoms with van der Waals surface area (Å²) in [4.78, 5) is 0.0234. The van der Waals surface area contributed by atoms with Gasteiger partial charge in [0, 0.05) is 11.8 Å². The predicted molar refractivity (Wildman–Crippen MR) is 121 cm³/mol. The molecule has 30 heavy (non-hydrogen) atoms. The maximum atomic E-state index is 13.0. The van der Waals surface area contributed by atoms with E-state index in [-0.39, 0.29) is 10.6 Å². The van der Waals surface area contributed by atoms with Crippen molar-refractivity contribution >= 4 is 21.8 Å². The van der Waals surface area contributed by atoms with Gasteiger partial charge < -0.3 is 9.47 Å². The molecule has 1 atom stereocenters. The van der Waals surface area contributed by atoms with Crippen LogP contribution >= 0.6 is 0 Å². The number of ether oxygens (including phenoxy) is 2. The van der Waals surface area contributed by atoms with Gasteiger partial charge in [-0.2, -0.15) is 0 Å². The Kier molecular flexibility index (Phi) is 7.00. The van der Waals surface area contributed by atoms with Crippen LogP contribution in [0.4, 0.5) is 5.69 Å². The summed E-state index contributed by atoms with van der Waals surface area (Å²) in [6.07, 6.45) is 12.7. The van der Waals surface area contributed by atoms with Crippen LogP contribution in [0.3, 0.4) is 0 Å². The molecule has 0 spiro atoms. The highest BCUT2D eigenvalue weighted by atomic mass is 32.2. The van der Waals surface area contributed by atoms with Gasteiger partial charge in [-0.05, 0) is 54.2 Å². The minimum absolute atomic E-state index is 0.0234. The molecule has 0 saturated carbocycles. The van der Waals surface area contributed by atoms with Crippen molar-refractivity contribution in [2.45, 2.75) is 24.7 Å². The van der Waals surface area contributed by atoms with E-state index in [1.807, 2.05) is 18.2 Å². The molecule has 0 bridgehead atoms. The first-order valence-corrected chi connectivity index (χ1v) is 11.3. The Morgan fingerprint density at radius 2 is 1.93 bits per heavy atom. The van der Waals surface area contributed by atoms with Gasteiger partial charge in [0.2, 0.25) is 0 Å². The molecule has 0 aromatic heterocycles. The quantitative estimate of drug-likeness (QED) is 0.612. The summed E-state index contributed by atoms with van der Waals surface area (Å²) in [5, 5.41) is 0. The van der Waals surface area contributed by atoms with E-state index in [9.17, 15) is 8.42 Å². The molecule has 3 rings (SSSR count). The van der Waals surface area contributed by atoms with E-state index in [1.165, 1.54) is 25.9 Å². The monoisotopic (exact) mass is 425 g/mol. The van der Waals surface area contributed by atoms with Gasteiger partial charge in [-0.25, -0.2) is 8.42 Å². The number of nitrogens with one attached hydrogen (secondary N) is 1. The largest absolute Gasteiger partial charge is 0.497 e. The van der Waals surface area contributed by atoms with Crippen molar-refractivity contribution in [2.24, 2.45) is 5.92 Å². The minimum Gasteiger partial charge on any atom is -0.497 e. The molecule has 0 radical (unpaired) electrons. The Balaban J connectivity index is 1.84. The summed E-state index contributed by atoms with van der Waals surface area (Å²) in [6.45, 7) is 2.19. The smallest absolute Gasteiger partial charge is 0.265 e. The van der Waals surface area contributed by atoms with Gasteiger partial charge in [0.1, 0.15) is 16.4 Å². The fraction of sp³-hybridized carbons (Fsp3) is 0.250. The van der Waals surface area contributed by atoms with Crippen molar-refractivity contribution in [3.05, 3.63) is 77.9 Å². The lowest BCUT2D eigenvalue weighted by atomic mass is 9.89. The van der Waals surface area contributed by atoms with Crippen LogP contribution in [0.1, 0.15) is 25.3 Å².